The molecule has 0 radical (unpaired) electrons. The normalized spacial score (nSPS) is 12.2. The van der Waals surface area contributed by atoms with Gasteiger partial charge in [0.05, 0.1) is 31.6 Å². The topological polar surface area (TPSA) is 47.9 Å². The SMILES string of the molecule is C=CO/C(=C\CCC)c1c(OC)ccc2c(/C(O)=C/C)c(OC)ccc12. The van der Waals surface area contributed by atoms with Crippen molar-refractivity contribution in [2.45, 2.75) is 26.7 Å². The van der Waals surface area contributed by atoms with Crippen molar-refractivity contribution in [1.82, 2.24) is 0 Å². The Bertz CT molecular complexity index is 847. The summed E-state index contributed by atoms with van der Waals surface area (Å²) in [7, 11) is 3.22. The van der Waals surface area contributed by atoms with Crippen LogP contribution >= 0.6 is 0 Å². The summed E-state index contributed by atoms with van der Waals surface area (Å²) in [5.74, 6) is 2.14. The molecule has 0 aliphatic rings. The molecule has 4 heteroatoms. The fourth-order valence-corrected chi connectivity index (χ4v) is 2.94. The zero-order valence-electron chi connectivity index (χ0n) is 15.8. The number of hydrogen-bond donors (Lipinski definition) is 1. The first-order valence-electron chi connectivity index (χ1n) is 8.64. The molecule has 0 spiro atoms. The first-order chi connectivity index (χ1) is 12.6. The summed E-state index contributed by atoms with van der Waals surface area (Å²) in [5, 5.41) is 12.2. The Hall–Kier alpha value is -2.88. The van der Waals surface area contributed by atoms with E-state index in [0.717, 1.165) is 29.2 Å². The van der Waals surface area contributed by atoms with Crippen molar-refractivity contribution in [3.05, 3.63) is 60.4 Å². The molecule has 0 saturated carbocycles. The summed E-state index contributed by atoms with van der Waals surface area (Å²) in [4.78, 5) is 0. The highest BCUT2D eigenvalue weighted by Crippen LogP contribution is 2.40. The average Bonchev–Trinajstić information content (AvgIpc) is 2.68. The predicted molar refractivity (Wildman–Crippen MR) is 107 cm³/mol. The number of unbranched alkanes of at least 4 members (excludes halogenated alkanes) is 1. The Kier molecular flexibility index (Phi) is 6.73. The molecule has 0 aliphatic heterocycles. The van der Waals surface area contributed by atoms with Crippen LogP contribution in [-0.4, -0.2) is 19.3 Å². The van der Waals surface area contributed by atoms with Crippen molar-refractivity contribution in [1.29, 1.82) is 0 Å². The molecule has 0 heterocycles. The van der Waals surface area contributed by atoms with Gasteiger partial charge in [-0.15, -0.1) is 0 Å². The molecule has 0 amide bonds. The molecule has 2 aromatic carbocycles. The Labute approximate surface area is 155 Å². The third-order valence-corrected chi connectivity index (χ3v) is 4.17. The van der Waals surface area contributed by atoms with Gasteiger partial charge in [-0.05, 0) is 60.5 Å². The van der Waals surface area contributed by atoms with Gasteiger partial charge in [-0.2, -0.15) is 0 Å². The van der Waals surface area contributed by atoms with Crippen LogP contribution in [0.5, 0.6) is 11.5 Å². The molecule has 0 aliphatic carbocycles. The van der Waals surface area contributed by atoms with Gasteiger partial charge in [0.15, 0.2) is 0 Å². The highest BCUT2D eigenvalue weighted by atomic mass is 16.5. The van der Waals surface area contributed by atoms with Gasteiger partial charge in [0.1, 0.15) is 23.0 Å². The fourth-order valence-electron chi connectivity index (χ4n) is 2.94. The first-order valence-corrected chi connectivity index (χ1v) is 8.64. The fraction of sp³-hybridized carbons (Fsp3) is 0.273. The molecule has 0 atom stereocenters. The highest BCUT2D eigenvalue weighted by molar-refractivity contribution is 6.02. The summed E-state index contributed by atoms with van der Waals surface area (Å²) in [5.41, 5.74) is 1.47. The van der Waals surface area contributed by atoms with Crippen LogP contribution in [0, 0.1) is 0 Å². The van der Waals surface area contributed by atoms with Gasteiger partial charge in [0.2, 0.25) is 0 Å². The summed E-state index contributed by atoms with van der Waals surface area (Å²) in [6, 6.07) is 7.58. The largest absolute Gasteiger partial charge is 0.508 e. The number of aliphatic hydroxyl groups excluding tert-OH is 1. The molecular weight excluding hydrogens is 328 g/mol. The molecule has 2 rings (SSSR count). The Morgan fingerprint density at radius 1 is 1.04 bits per heavy atom. The smallest absolute Gasteiger partial charge is 0.134 e. The van der Waals surface area contributed by atoms with Crippen LogP contribution in [0.4, 0.5) is 0 Å². The second kappa shape index (κ2) is 8.99. The van der Waals surface area contributed by atoms with Crippen LogP contribution in [0.25, 0.3) is 22.3 Å². The molecule has 0 unspecified atom stereocenters. The molecule has 0 bridgehead atoms. The van der Waals surface area contributed by atoms with Crippen molar-refractivity contribution >= 4 is 22.3 Å². The van der Waals surface area contributed by atoms with Gasteiger partial charge in [-0.25, -0.2) is 0 Å². The molecule has 138 valence electrons. The standard InChI is InChI=1S/C22H26O4/c1-6-9-10-20(26-8-3)22-16-12-13-18(24-4)21(17(23)7-2)15(16)11-14-19(22)25-5/h7-8,10-14,23H,3,6,9H2,1-2,4-5H3/b17-7-,20-10-. The van der Waals surface area contributed by atoms with Crippen LogP contribution in [0.1, 0.15) is 37.8 Å². The van der Waals surface area contributed by atoms with Crippen LogP contribution in [0.15, 0.2) is 49.3 Å². The van der Waals surface area contributed by atoms with Crippen molar-refractivity contribution in [2.75, 3.05) is 14.2 Å². The first kappa shape index (κ1) is 19.4. The van der Waals surface area contributed by atoms with Gasteiger partial charge < -0.3 is 19.3 Å². The molecular formula is C22H26O4. The number of hydrogen-bond acceptors (Lipinski definition) is 4. The zero-order valence-corrected chi connectivity index (χ0v) is 15.8. The second-order valence-electron chi connectivity index (χ2n) is 5.70. The maximum atomic E-state index is 10.4. The highest BCUT2D eigenvalue weighted by Gasteiger charge is 2.19. The van der Waals surface area contributed by atoms with Crippen LogP contribution in [-0.2, 0) is 4.74 Å². The van der Waals surface area contributed by atoms with E-state index in [9.17, 15) is 5.11 Å². The third-order valence-electron chi connectivity index (χ3n) is 4.17. The van der Waals surface area contributed by atoms with Gasteiger partial charge in [0.25, 0.3) is 0 Å². The summed E-state index contributed by atoms with van der Waals surface area (Å²) >= 11 is 0. The Morgan fingerprint density at radius 2 is 1.62 bits per heavy atom. The number of aliphatic hydroxyl groups is 1. The number of benzene rings is 2. The van der Waals surface area contributed by atoms with E-state index in [-0.39, 0.29) is 5.76 Å². The van der Waals surface area contributed by atoms with Gasteiger partial charge in [0, 0.05) is 0 Å². The molecule has 0 aromatic heterocycles. The Morgan fingerprint density at radius 3 is 2.12 bits per heavy atom. The van der Waals surface area contributed by atoms with Gasteiger partial charge >= 0.3 is 0 Å². The maximum Gasteiger partial charge on any atom is 0.134 e. The quantitative estimate of drug-likeness (QED) is 0.584. The lowest BCUT2D eigenvalue weighted by Crippen LogP contribution is -1.99. The third kappa shape index (κ3) is 3.69. The molecule has 2 aromatic rings. The second-order valence-corrected chi connectivity index (χ2v) is 5.70. The van der Waals surface area contributed by atoms with E-state index in [4.69, 9.17) is 14.2 Å². The van der Waals surface area contributed by atoms with E-state index in [0.29, 0.717) is 22.8 Å². The lowest BCUT2D eigenvalue weighted by Gasteiger charge is -2.18. The van der Waals surface area contributed by atoms with Crippen molar-refractivity contribution in [3.8, 4) is 11.5 Å². The summed E-state index contributed by atoms with van der Waals surface area (Å²) in [6.07, 6.45) is 6.95. The number of fused-ring (bicyclic) bond motifs is 1. The van der Waals surface area contributed by atoms with Crippen LogP contribution in [0.2, 0.25) is 0 Å². The van der Waals surface area contributed by atoms with E-state index in [1.165, 1.54) is 6.26 Å². The zero-order chi connectivity index (χ0) is 19.1. The minimum Gasteiger partial charge on any atom is -0.508 e. The van der Waals surface area contributed by atoms with E-state index in [2.05, 4.69) is 13.5 Å². The molecule has 1 N–H and O–H groups in total. The molecule has 26 heavy (non-hydrogen) atoms. The van der Waals surface area contributed by atoms with Crippen LogP contribution in [0.3, 0.4) is 0 Å². The monoisotopic (exact) mass is 354 g/mol. The van der Waals surface area contributed by atoms with E-state index in [1.807, 2.05) is 30.3 Å². The minimum atomic E-state index is 0.160. The number of allylic oxidation sites excluding steroid dienone is 2. The predicted octanol–water partition coefficient (Wildman–Crippen LogP) is 6.08. The number of ether oxygens (including phenoxy) is 3. The molecule has 4 nitrogen and oxygen atoms in total. The van der Waals surface area contributed by atoms with Crippen molar-refractivity contribution in [2.24, 2.45) is 0 Å². The lowest BCUT2D eigenvalue weighted by atomic mass is 9.95. The van der Waals surface area contributed by atoms with Gasteiger partial charge in [-0.3, -0.25) is 0 Å². The van der Waals surface area contributed by atoms with Crippen LogP contribution < -0.4 is 9.47 Å². The summed E-state index contributed by atoms with van der Waals surface area (Å²) < 4.78 is 16.7. The number of rotatable bonds is 8. The average molecular weight is 354 g/mol. The molecule has 0 fully saturated rings. The lowest BCUT2D eigenvalue weighted by molar-refractivity contribution is 0.401. The Balaban J connectivity index is 2.90. The van der Waals surface area contributed by atoms with E-state index < -0.39 is 0 Å². The molecule has 0 saturated heterocycles. The maximum absolute atomic E-state index is 10.4. The van der Waals surface area contributed by atoms with Crippen molar-refractivity contribution < 1.29 is 19.3 Å². The minimum absolute atomic E-state index is 0.160. The van der Waals surface area contributed by atoms with E-state index in [1.54, 1.807) is 27.2 Å². The summed E-state index contributed by atoms with van der Waals surface area (Å²) in [6.45, 7) is 7.57. The van der Waals surface area contributed by atoms with Gasteiger partial charge in [-0.1, -0.05) is 19.9 Å². The van der Waals surface area contributed by atoms with Crippen molar-refractivity contribution in [3.63, 3.8) is 0 Å². The van der Waals surface area contributed by atoms with E-state index >= 15 is 0 Å². The number of methoxy groups -OCH3 is 2.